The zero-order chi connectivity index (χ0) is 21.3. The van der Waals surface area contributed by atoms with Crippen molar-refractivity contribution in [1.29, 1.82) is 0 Å². The van der Waals surface area contributed by atoms with Gasteiger partial charge in [0.25, 0.3) is 5.91 Å². The SMILES string of the molecule is Cc1cc(-c2cnc(C)nc2-c2ccc(CNC(=O)c3c(C)noc3C)cc2)on1. The van der Waals surface area contributed by atoms with Crippen LogP contribution in [0.15, 0.2) is 45.6 Å². The van der Waals surface area contributed by atoms with Crippen LogP contribution in [-0.2, 0) is 6.54 Å². The lowest BCUT2D eigenvalue weighted by Gasteiger charge is -2.09. The monoisotopic (exact) mass is 403 g/mol. The van der Waals surface area contributed by atoms with Crippen molar-refractivity contribution in [2.45, 2.75) is 34.2 Å². The number of carbonyl (C=O) groups excluding carboxylic acids is 1. The van der Waals surface area contributed by atoms with Crippen LogP contribution in [0.4, 0.5) is 0 Å². The molecule has 0 bridgehead atoms. The largest absolute Gasteiger partial charge is 0.361 e. The highest BCUT2D eigenvalue weighted by Crippen LogP contribution is 2.30. The highest BCUT2D eigenvalue weighted by atomic mass is 16.5. The van der Waals surface area contributed by atoms with Gasteiger partial charge in [0, 0.05) is 24.4 Å². The van der Waals surface area contributed by atoms with Crippen LogP contribution in [0.5, 0.6) is 0 Å². The molecule has 0 radical (unpaired) electrons. The average molecular weight is 403 g/mol. The minimum absolute atomic E-state index is 0.204. The van der Waals surface area contributed by atoms with Gasteiger partial charge in [0.2, 0.25) is 0 Å². The summed E-state index contributed by atoms with van der Waals surface area (Å²) in [5.74, 6) is 1.60. The van der Waals surface area contributed by atoms with Gasteiger partial charge in [-0.15, -0.1) is 0 Å². The molecule has 3 aromatic heterocycles. The Labute approximate surface area is 173 Å². The molecule has 1 N–H and O–H groups in total. The van der Waals surface area contributed by atoms with E-state index in [4.69, 9.17) is 9.05 Å². The summed E-state index contributed by atoms with van der Waals surface area (Å²) in [5.41, 5.74) is 5.28. The quantitative estimate of drug-likeness (QED) is 0.537. The summed E-state index contributed by atoms with van der Waals surface area (Å²) >= 11 is 0. The van der Waals surface area contributed by atoms with Crippen LogP contribution in [0.3, 0.4) is 0 Å². The molecule has 1 amide bonds. The van der Waals surface area contributed by atoms with Crippen LogP contribution in [0.2, 0.25) is 0 Å². The third kappa shape index (κ3) is 3.84. The number of hydrogen-bond acceptors (Lipinski definition) is 7. The predicted octanol–water partition coefficient (Wildman–Crippen LogP) is 3.95. The molecule has 0 saturated carbocycles. The lowest BCUT2D eigenvalue weighted by molar-refractivity contribution is 0.0949. The molecule has 0 atom stereocenters. The summed E-state index contributed by atoms with van der Waals surface area (Å²) < 4.78 is 10.5. The maximum atomic E-state index is 12.4. The first kappa shape index (κ1) is 19.5. The fourth-order valence-electron chi connectivity index (χ4n) is 3.22. The van der Waals surface area contributed by atoms with E-state index in [0.717, 1.165) is 28.1 Å². The topological polar surface area (TPSA) is 107 Å². The summed E-state index contributed by atoms with van der Waals surface area (Å²) in [6.45, 7) is 7.57. The molecule has 152 valence electrons. The van der Waals surface area contributed by atoms with Crippen LogP contribution in [0.1, 0.15) is 38.9 Å². The fraction of sp³-hybridized carbons (Fsp3) is 0.227. The predicted molar refractivity (Wildman–Crippen MR) is 110 cm³/mol. The van der Waals surface area contributed by atoms with Crippen molar-refractivity contribution in [1.82, 2.24) is 25.6 Å². The minimum atomic E-state index is -0.204. The Kier molecular flexibility index (Phi) is 5.14. The number of aromatic nitrogens is 4. The third-order valence-electron chi connectivity index (χ3n) is 4.74. The molecule has 8 heteroatoms. The van der Waals surface area contributed by atoms with Gasteiger partial charge in [-0.2, -0.15) is 0 Å². The van der Waals surface area contributed by atoms with Crippen molar-refractivity contribution in [3.8, 4) is 22.6 Å². The molecular weight excluding hydrogens is 382 g/mol. The zero-order valence-electron chi connectivity index (χ0n) is 17.2. The molecule has 4 rings (SSSR count). The van der Waals surface area contributed by atoms with Crippen LogP contribution in [0.25, 0.3) is 22.6 Å². The molecule has 0 aliphatic rings. The van der Waals surface area contributed by atoms with E-state index < -0.39 is 0 Å². The van der Waals surface area contributed by atoms with Gasteiger partial charge in [-0.3, -0.25) is 4.79 Å². The molecule has 0 spiro atoms. The Balaban J connectivity index is 1.54. The van der Waals surface area contributed by atoms with Crippen molar-refractivity contribution >= 4 is 5.91 Å². The van der Waals surface area contributed by atoms with E-state index in [-0.39, 0.29) is 5.91 Å². The number of nitrogens with one attached hydrogen (secondary N) is 1. The standard InChI is InChI=1S/C22H21N5O3/c1-12-9-19(30-26-12)18-11-23-15(4)25-21(18)17-7-5-16(6-8-17)10-24-22(28)20-13(2)27-29-14(20)3/h5-9,11H,10H2,1-4H3,(H,24,28). The molecule has 0 saturated heterocycles. The summed E-state index contributed by atoms with van der Waals surface area (Å²) in [6.07, 6.45) is 1.75. The van der Waals surface area contributed by atoms with E-state index in [1.807, 2.05) is 44.2 Å². The number of amides is 1. The van der Waals surface area contributed by atoms with Gasteiger partial charge >= 0.3 is 0 Å². The lowest BCUT2D eigenvalue weighted by atomic mass is 10.0. The first-order valence-electron chi connectivity index (χ1n) is 9.50. The van der Waals surface area contributed by atoms with Crippen LogP contribution < -0.4 is 5.32 Å². The Morgan fingerprint density at radius 1 is 1.03 bits per heavy atom. The maximum Gasteiger partial charge on any atom is 0.257 e. The zero-order valence-corrected chi connectivity index (χ0v) is 17.2. The van der Waals surface area contributed by atoms with Gasteiger partial charge in [0.15, 0.2) is 5.76 Å². The van der Waals surface area contributed by atoms with Crippen molar-refractivity contribution in [3.63, 3.8) is 0 Å². The molecular formula is C22H21N5O3. The summed E-state index contributed by atoms with van der Waals surface area (Å²) in [7, 11) is 0. The highest BCUT2D eigenvalue weighted by molar-refractivity contribution is 5.96. The summed E-state index contributed by atoms with van der Waals surface area (Å²) in [6, 6.07) is 9.69. The lowest BCUT2D eigenvalue weighted by Crippen LogP contribution is -2.23. The van der Waals surface area contributed by atoms with E-state index in [0.29, 0.717) is 35.1 Å². The van der Waals surface area contributed by atoms with Crippen LogP contribution >= 0.6 is 0 Å². The summed E-state index contributed by atoms with van der Waals surface area (Å²) in [4.78, 5) is 21.3. The fourth-order valence-corrected chi connectivity index (χ4v) is 3.22. The molecule has 0 aliphatic carbocycles. The molecule has 3 heterocycles. The number of aryl methyl sites for hydroxylation is 4. The van der Waals surface area contributed by atoms with Crippen molar-refractivity contribution < 1.29 is 13.8 Å². The van der Waals surface area contributed by atoms with Gasteiger partial charge in [0.1, 0.15) is 17.1 Å². The Hall–Kier alpha value is -3.81. The first-order valence-corrected chi connectivity index (χ1v) is 9.50. The number of benzene rings is 1. The summed E-state index contributed by atoms with van der Waals surface area (Å²) in [5, 5.41) is 10.7. The first-order chi connectivity index (χ1) is 14.4. The number of carbonyl (C=O) groups is 1. The third-order valence-corrected chi connectivity index (χ3v) is 4.74. The van der Waals surface area contributed by atoms with E-state index in [1.54, 1.807) is 20.0 Å². The molecule has 0 fully saturated rings. The Morgan fingerprint density at radius 2 is 1.80 bits per heavy atom. The molecule has 4 aromatic rings. The Morgan fingerprint density at radius 3 is 2.43 bits per heavy atom. The molecule has 8 nitrogen and oxygen atoms in total. The second-order valence-corrected chi connectivity index (χ2v) is 7.09. The molecule has 30 heavy (non-hydrogen) atoms. The van der Waals surface area contributed by atoms with Gasteiger partial charge in [-0.25, -0.2) is 9.97 Å². The van der Waals surface area contributed by atoms with Gasteiger partial charge < -0.3 is 14.4 Å². The van der Waals surface area contributed by atoms with Gasteiger partial charge in [-0.1, -0.05) is 34.6 Å². The minimum Gasteiger partial charge on any atom is -0.361 e. The number of rotatable bonds is 5. The smallest absolute Gasteiger partial charge is 0.257 e. The molecule has 1 aromatic carbocycles. The van der Waals surface area contributed by atoms with E-state index in [2.05, 4.69) is 25.6 Å². The Bertz CT molecular complexity index is 1190. The van der Waals surface area contributed by atoms with E-state index in [9.17, 15) is 4.79 Å². The van der Waals surface area contributed by atoms with Gasteiger partial charge in [0.05, 0.1) is 22.6 Å². The van der Waals surface area contributed by atoms with E-state index >= 15 is 0 Å². The normalized spacial score (nSPS) is 10.9. The molecule has 0 unspecified atom stereocenters. The number of hydrogen-bond donors (Lipinski definition) is 1. The molecule has 0 aliphatic heterocycles. The van der Waals surface area contributed by atoms with Crippen molar-refractivity contribution in [2.24, 2.45) is 0 Å². The van der Waals surface area contributed by atoms with Crippen molar-refractivity contribution in [2.75, 3.05) is 0 Å². The van der Waals surface area contributed by atoms with E-state index in [1.165, 1.54) is 0 Å². The van der Waals surface area contributed by atoms with Crippen LogP contribution in [-0.4, -0.2) is 26.2 Å². The second-order valence-electron chi connectivity index (χ2n) is 7.09. The highest BCUT2D eigenvalue weighted by Gasteiger charge is 2.17. The average Bonchev–Trinajstić information content (AvgIpc) is 3.31. The maximum absolute atomic E-state index is 12.4. The van der Waals surface area contributed by atoms with Crippen molar-refractivity contribution in [3.05, 3.63) is 70.6 Å². The second kappa shape index (κ2) is 7.90. The number of nitrogens with zero attached hydrogens (tertiary/aromatic N) is 4. The van der Waals surface area contributed by atoms with Gasteiger partial charge in [-0.05, 0) is 33.3 Å². The van der Waals surface area contributed by atoms with Crippen LogP contribution in [0, 0.1) is 27.7 Å².